The van der Waals surface area contributed by atoms with Gasteiger partial charge >= 0.3 is 0 Å². The summed E-state index contributed by atoms with van der Waals surface area (Å²) in [7, 11) is 1.49. The molecular formula is C26H25N7O4. The average Bonchev–Trinajstić information content (AvgIpc) is 3.70. The fourth-order valence-corrected chi connectivity index (χ4v) is 4.98. The summed E-state index contributed by atoms with van der Waals surface area (Å²) >= 11 is 0. The number of aromatic amines is 2. The van der Waals surface area contributed by atoms with Gasteiger partial charge in [0.25, 0.3) is 11.7 Å². The van der Waals surface area contributed by atoms with Crippen LogP contribution in [0.5, 0.6) is 5.75 Å². The van der Waals surface area contributed by atoms with Crippen LogP contribution in [0.25, 0.3) is 28.0 Å². The third-order valence-electron chi connectivity index (χ3n) is 6.84. The molecule has 0 aliphatic carbocycles. The van der Waals surface area contributed by atoms with Crippen LogP contribution >= 0.6 is 0 Å². The van der Waals surface area contributed by atoms with E-state index in [1.807, 2.05) is 24.4 Å². The third-order valence-corrected chi connectivity index (χ3v) is 6.84. The number of ketones is 1. The van der Waals surface area contributed by atoms with E-state index >= 15 is 0 Å². The summed E-state index contributed by atoms with van der Waals surface area (Å²) in [5.74, 6) is -0.825. The van der Waals surface area contributed by atoms with Crippen LogP contribution in [0.4, 0.5) is 0 Å². The number of nitrogens with one attached hydrogen (secondary N) is 3. The molecule has 0 bridgehead atoms. The lowest BCUT2D eigenvalue weighted by Crippen LogP contribution is -2.56. The van der Waals surface area contributed by atoms with Crippen molar-refractivity contribution < 1.29 is 19.4 Å². The number of carbonyl (C=O) groups excluding carboxylic acids is 2. The Morgan fingerprint density at radius 1 is 1.22 bits per heavy atom. The lowest BCUT2D eigenvalue weighted by Gasteiger charge is -2.39. The highest BCUT2D eigenvalue weighted by Crippen LogP contribution is 2.35. The van der Waals surface area contributed by atoms with E-state index in [1.165, 1.54) is 19.5 Å². The van der Waals surface area contributed by atoms with E-state index in [2.05, 4.69) is 42.5 Å². The zero-order chi connectivity index (χ0) is 25.5. The van der Waals surface area contributed by atoms with Crippen LogP contribution in [0.3, 0.4) is 0 Å². The summed E-state index contributed by atoms with van der Waals surface area (Å²) in [5.41, 5.74) is 4.41. The molecule has 2 aliphatic heterocycles. The highest BCUT2D eigenvalue weighted by atomic mass is 16.5. The van der Waals surface area contributed by atoms with Gasteiger partial charge < -0.3 is 29.9 Å². The number of hydrogen-bond donors (Lipinski definition) is 4. The molecule has 0 spiro atoms. The van der Waals surface area contributed by atoms with Gasteiger partial charge in [-0.2, -0.15) is 5.10 Å². The van der Waals surface area contributed by atoms with Gasteiger partial charge in [-0.25, -0.2) is 4.98 Å². The number of H-pyrrole nitrogens is 2. The lowest BCUT2D eigenvalue weighted by molar-refractivity contribution is -0.128. The van der Waals surface area contributed by atoms with Gasteiger partial charge in [0.1, 0.15) is 23.3 Å². The van der Waals surface area contributed by atoms with Gasteiger partial charge in [0.05, 0.1) is 54.3 Å². The summed E-state index contributed by atoms with van der Waals surface area (Å²) in [5, 5.41) is 20.1. The van der Waals surface area contributed by atoms with Gasteiger partial charge in [-0.05, 0) is 11.6 Å². The molecule has 2 aliphatic rings. The molecule has 188 valence electrons. The van der Waals surface area contributed by atoms with Gasteiger partial charge in [-0.1, -0.05) is 30.3 Å². The van der Waals surface area contributed by atoms with E-state index in [4.69, 9.17) is 4.74 Å². The number of nitrogens with zero attached hydrogens (tertiary/aromatic N) is 4. The molecule has 4 aromatic rings. The molecule has 6 rings (SSSR count). The second-order valence-electron chi connectivity index (χ2n) is 8.92. The number of hydrogen-bond acceptors (Lipinski definition) is 8. The number of piperazine rings is 1. The van der Waals surface area contributed by atoms with Gasteiger partial charge in [0.2, 0.25) is 0 Å². The maximum atomic E-state index is 13.5. The van der Waals surface area contributed by atoms with E-state index in [1.54, 1.807) is 11.0 Å². The Kier molecular flexibility index (Phi) is 5.61. The van der Waals surface area contributed by atoms with Crippen LogP contribution in [-0.4, -0.2) is 79.7 Å². The molecule has 1 atom stereocenters. The number of amides is 1. The Balaban J connectivity index is 1.25. The Hall–Kier alpha value is -4.64. The lowest BCUT2D eigenvalue weighted by atomic mass is 10.1. The van der Waals surface area contributed by atoms with Crippen molar-refractivity contribution in [3.63, 3.8) is 0 Å². The molecule has 3 aromatic heterocycles. The number of aliphatic hydroxyl groups excluding tert-OH is 1. The minimum Gasteiger partial charge on any atom is -0.494 e. The van der Waals surface area contributed by atoms with Crippen LogP contribution in [0, 0.1) is 0 Å². The fourth-order valence-electron chi connectivity index (χ4n) is 4.98. The predicted octanol–water partition coefficient (Wildman–Crippen LogP) is 1.71. The number of methoxy groups -OCH3 is 1. The van der Waals surface area contributed by atoms with Crippen LogP contribution in [0.2, 0.25) is 0 Å². The summed E-state index contributed by atoms with van der Waals surface area (Å²) in [6.45, 7) is 1.22. The maximum absolute atomic E-state index is 13.5. The largest absolute Gasteiger partial charge is 0.494 e. The zero-order valence-corrected chi connectivity index (χ0v) is 20.1. The van der Waals surface area contributed by atoms with Gasteiger partial charge in [-0.15, -0.1) is 0 Å². The standard InChI is InChI=1S/C26H25N7O4/c1-37-20-12-29-23(18-9-16(14-34)30-31-18)24-22(20)17(10-28-24)25(35)26(36)32-7-8-33-19(11-27-21(33)13-32)15-5-3-2-4-6-15/h2-6,9-12,21,27-28,34H,7-8,13-14H2,1H3,(H,30,31). The number of Topliss-reactive ketones (excluding diaryl/α,β-unsaturated/α-hetero) is 1. The monoisotopic (exact) mass is 499 g/mol. The Bertz CT molecular complexity index is 1520. The van der Waals surface area contributed by atoms with E-state index in [9.17, 15) is 14.7 Å². The number of fused-ring (bicyclic) bond motifs is 2. The third kappa shape index (κ3) is 3.80. The minimum atomic E-state index is -0.623. The molecule has 1 unspecified atom stereocenters. The van der Waals surface area contributed by atoms with Gasteiger partial charge in [0.15, 0.2) is 0 Å². The predicted molar refractivity (Wildman–Crippen MR) is 135 cm³/mol. The number of benzene rings is 1. The summed E-state index contributed by atoms with van der Waals surface area (Å²) in [6, 6.07) is 11.8. The van der Waals surface area contributed by atoms with E-state index in [-0.39, 0.29) is 18.3 Å². The van der Waals surface area contributed by atoms with Crippen molar-refractivity contribution in [2.75, 3.05) is 26.7 Å². The quantitative estimate of drug-likeness (QED) is 0.232. The van der Waals surface area contributed by atoms with E-state index in [0.29, 0.717) is 53.4 Å². The van der Waals surface area contributed by atoms with Gasteiger partial charge in [0, 0.05) is 25.5 Å². The van der Waals surface area contributed by atoms with Crippen molar-refractivity contribution in [2.24, 2.45) is 0 Å². The highest BCUT2D eigenvalue weighted by molar-refractivity contribution is 6.45. The van der Waals surface area contributed by atoms with Crippen molar-refractivity contribution in [1.82, 2.24) is 35.3 Å². The fraction of sp³-hybridized carbons (Fsp3) is 0.231. The maximum Gasteiger partial charge on any atom is 0.295 e. The second-order valence-corrected chi connectivity index (χ2v) is 8.92. The zero-order valence-electron chi connectivity index (χ0n) is 20.1. The molecule has 37 heavy (non-hydrogen) atoms. The van der Waals surface area contributed by atoms with Crippen molar-refractivity contribution in [1.29, 1.82) is 0 Å². The molecule has 4 N–H and O–H groups in total. The summed E-state index contributed by atoms with van der Waals surface area (Å²) < 4.78 is 5.48. The van der Waals surface area contributed by atoms with Crippen molar-refractivity contribution in [3.05, 3.63) is 71.8 Å². The molecule has 11 nitrogen and oxygen atoms in total. The summed E-state index contributed by atoms with van der Waals surface area (Å²) in [6.07, 6.45) is 4.87. The summed E-state index contributed by atoms with van der Waals surface area (Å²) in [4.78, 5) is 38.2. The van der Waals surface area contributed by atoms with Crippen molar-refractivity contribution in [2.45, 2.75) is 12.8 Å². The second kappa shape index (κ2) is 9.10. The van der Waals surface area contributed by atoms with Gasteiger partial charge in [-0.3, -0.25) is 14.7 Å². The van der Waals surface area contributed by atoms with Crippen LogP contribution < -0.4 is 10.1 Å². The molecule has 0 saturated carbocycles. The Morgan fingerprint density at radius 2 is 2.05 bits per heavy atom. The topological polar surface area (TPSA) is 139 Å². The first-order valence-corrected chi connectivity index (χ1v) is 11.9. The van der Waals surface area contributed by atoms with Crippen LogP contribution in [0.1, 0.15) is 21.6 Å². The average molecular weight is 500 g/mol. The first kappa shape index (κ1) is 22.8. The number of carbonyl (C=O) groups is 2. The molecule has 11 heteroatoms. The first-order valence-electron chi connectivity index (χ1n) is 11.9. The van der Waals surface area contributed by atoms with E-state index in [0.717, 1.165) is 11.3 Å². The van der Waals surface area contributed by atoms with Crippen molar-refractivity contribution >= 4 is 28.3 Å². The molecule has 5 heterocycles. The molecule has 1 saturated heterocycles. The SMILES string of the molecule is COc1cnc(-c2cc(CO)[nH]n2)c2[nH]cc(C(=O)C(=O)N3CCN4C(c5ccccc5)=CNC4C3)c12. The van der Waals surface area contributed by atoms with Crippen LogP contribution in [0.15, 0.2) is 55.0 Å². The molecule has 1 amide bonds. The number of aromatic nitrogens is 4. The highest BCUT2D eigenvalue weighted by Gasteiger charge is 2.37. The molecule has 1 aromatic carbocycles. The van der Waals surface area contributed by atoms with Crippen LogP contribution in [-0.2, 0) is 11.4 Å². The molecule has 1 fully saturated rings. The Labute approximate surface area is 211 Å². The number of pyridine rings is 1. The number of ether oxygens (including phenoxy) is 1. The normalized spacial score (nSPS) is 16.9. The smallest absolute Gasteiger partial charge is 0.295 e. The number of rotatable bonds is 6. The molecule has 0 radical (unpaired) electrons. The van der Waals surface area contributed by atoms with E-state index < -0.39 is 11.7 Å². The number of aliphatic hydroxyl groups is 1. The Morgan fingerprint density at radius 3 is 2.81 bits per heavy atom. The first-order chi connectivity index (χ1) is 18.1. The molecular weight excluding hydrogens is 474 g/mol. The minimum absolute atomic E-state index is 0.102. The van der Waals surface area contributed by atoms with Crippen molar-refractivity contribution in [3.8, 4) is 17.1 Å².